The molecule has 2 heterocycles. The van der Waals surface area contributed by atoms with Crippen LogP contribution in [0.25, 0.3) is 0 Å². The van der Waals surface area contributed by atoms with Gasteiger partial charge in [-0.2, -0.15) is 5.10 Å². The van der Waals surface area contributed by atoms with Crippen LogP contribution in [0.5, 0.6) is 0 Å². The van der Waals surface area contributed by atoms with Crippen LogP contribution < -0.4 is 5.32 Å². The number of rotatable bonds is 5. The Labute approximate surface area is 161 Å². The van der Waals surface area contributed by atoms with Gasteiger partial charge in [-0.1, -0.05) is 37.3 Å². The summed E-state index contributed by atoms with van der Waals surface area (Å²) in [5.74, 6) is 0. The second kappa shape index (κ2) is 8.13. The second-order valence-corrected chi connectivity index (χ2v) is 7.42. The zero-order chi connectivity index (χ0) is 19.4. The van der Waals surface area contributed by atoms with Gasteiger partial charge in [0.1, 0.15) is 0 Å². The summed E-state index contributed by atoms with van der Waals surface area (Å²) in [6, 6.07) is 9.66. The van der Waals surface area contributed by atoms with E-state index in [-0.39, 0.29) is 6.03 Å². The SMILES string of the molecule is CCCn1nc(C)c(CNC(=O)N2CCC(O)(c3ccccc3)CC2)c1C. The highest BCUT2D eigenvalue weighted by Gasteiger charge is 2.35. The highest BCUT2D eigenvalue weighted by Crippen LogP contribution is 2.32. The molecule has 146 valence electrons. The number of hydrogen-bond acceptors (Lipinski definition) is 3. The molecule has 27 heavy (non-hydrogen) atoms. The Morgan fingerprint density at radius 1 is 1.22 bits per heavy atom. The van der Waals surface area contributed by atoms with E-state index in [2.05, 4.69) is 24.3 Å². The van der Waals surface area contributed by atoms with Crippen LogP contribution in [0, 0.1) is 13.8 Å². The number of nitrogens with one attached hydrogen (secondary N) is 1. The molecule has 1 saturated heterocycles. The minimum absolute atomic E-state index is 0.0767. The molecule has 6 heteroatoms. The van der Waals surface area contributed by atoms with Crippen molar-refractivity contribution in [3.8, 4) is 0 Å². The molecule has 0 aliphatic carbocycles. The third-order valence-corrected chi connectivity index (χ3v) is 5.57. The first-order chi connectivity index (χ1) is 12.9. The van der Waals surface area contributed by atoms with E-state index in [1.54, 1.807) is 4.90 Å². The minimum Gasteiger partial charge on any atom is -0.385 e. The molecule has 2 N–H and O–H groups in total. The molecular formula is C21H30N4O2. The molecule has 0 saturated carbocycles. The number of piperidine rings is 1. The quantitative estimate of drug-likeness (QED) is 0.850. The van der Waals surface area contributed by atoms with Gasteiger partial charge < -0.3 is 15.3 Å². The molecule has 1 aliphatic heterocycles. The minimum atomic E-state index is -0.841. The van der Waals surface area contributed by atoms with E-state index < -0.39 is 5.60 Å². The molecule has 1 aromatic carbocycles. The van der Waals surface area contributed by atoms with Crippen LogP contribution in [-0.2, 0) is 18.7 Å². The molecule has 0 unspecified atom stereocenters. The third kappa shape index (κ3) is 4.16. The maximum Gasteiger partial charge on any atom is 0.317 e. The fraction of sp³-hybridized carbons (Fsp3) is 0.524. The van der Waals surface area contributed by atoms with Gasteiger partial charge in [-0.15, -0.1) is 0 Å². The standard InChI is InChI=1S/C21H30N4O2/c1-4-12-25-17(3)19(16(2)23-25)15-22-20(26)24-13-10-21(27,11-14-24)18-8-6-5-7-9-18/h5-9,27H,4,10-15H2,1-3H3,(H,22,26). The second-order valence-electron chi connectivity index (χ2n) is 7.42. The van der Waals surface area contributed by atoms with Crippen molar-refractivity contribution in [3.63, 3.8) is 0 Å². The summed E-state index contributed by atoms with van der Waals surface area (Å²) in [6.45, 7) is 8.64. The van der Waals surface area contributed by atoms with Gasteiger partial charge in [0.05, 0.1) is 11.3 Å². The van der Waals surface area contributed by atoms with E-state index in [0.29, 0.717) is 32.5 Å². The van der Waals surface area contributed by atoms with Crippen molar-refractivity contribution in [2.75, 3.05) is 13.1 Å². The van der Waals surface area contributed by atoms with E-state index in [4.69, 9.17) is 0 Å². The Balaban J connectivity index is 1.56. The summed E-state index contributed by atoms with van der Waals surface area (Å²) in [4.78, 5) is 14.4. The molecule has 0 radical (unpaired) electrons. The van der Waals surface area contributed by atoms with E-state index >= 15 is 0 Å². The number of aromatic nitrogens is 2. The maximum absolute atomic E-state index is 12.6. The van der Waals surface area contributed by atoms with Gasteiger partial charge in [-0.25, -0.2) is 4.79 Å². The van der Waals surface area contributed by atoms with Crippen molar-refractivity contribution in [2.24, 2.45) is 0 Å². The number of benzene rings is 1. The molecule has 1 aromatic heterocycles. The van der Waals surface area contributed by atoms with Crippen molar-refractivity contribution < 1.29 is 9.90 Å². The van der Waals surface area contributed by atoms with Crippen LogP contribution in [0.2, 0.25) is 0 Å². The molecule has 3 rings (SSSR count). The summed E-state index contributed by atoms with van der Waals surface area (Å²) in [5, 5.41) is 18.5. The molecule has 1 fully saturated rings. The summed E-state index contributed by atoms with van der Waals surface area (Å²) in [6.07, 6.45) is 2.14. The van der Waals surface area contributed by atoms with Crippen LogP contribution in [0.4, 0.5) is 4.79 Å². The van der Waals surface area contributed by atoms with E-state index in [0.717, 1.165) is 35.5 Å². The molecule has 2 aromatic rings. The summed E-state index contributed by atoms with van der Waals surface area (Å²) >= 11 is 0. The van der Waals surface area contributed by atoms with Gasteiger partial charge in [0.15, 0.2) is 0 Å². The largest absolute Gasteiger partial charge is 0.385 e. The number of likely N-dealkylation sites (tertiary alicyclic amines) is 1. The predicted molar refractivity (Wildman–Crippen MR) is 105 cm³/mol. The number of amides is 2. The summed E-state index contributed by atoms with van der Waals surface area (Å²) < 4.78 is 2.01. The topological polar surface area (TPSA) is 70.4 Å². The normalized spacial score (nSPS) is 16.4. The molecule has 6 nitrogen and oxygen atoms in total. The van der Waals surface area contributed by atoms with Crippen molar-refractivity contribution in [2.45, 2.75) is 58.7 Å². The molecule has 0 bridgehead atoms. The number of carbonyl (C=O) groups excluding carboxylic acids is 1. The summed E-state index contributed by atoms with van der Waals surface area (Å²) in [7, 11) is 0. The van der Waals surface area contributed by atoms with Crippen molar-refractivity contribution in [1.82, 2.24) is 20.0 Å². The molecule has 1 aliphatic rings. The van der Waals surface area contributed by atoms with Crippen LogP contribution in [-0.4, -0.2) is 38.9 Å². The highest BCUT2D eigenvalue weighted by atomic mass is 16.3. The molecule has 2 amide bonds. The van der Waals surface area contributed by atoms with Gasteiger partial charge in [0.25, 0.3) is 0 Å². The van der Waals surface area contributed by atoms with Crippen LogP contribution >= 0.6 is 0 Å². The lowest BCUT2D eigenvalue weighted by Crippen LogP contribution is -2.48. The van der Waals surface area contributed by atoms with E-state index in [1.807, 2.05) is 41.9 Å². The van der Waals surface area contributed by atoms with E-state index in [9.17, 15) is 9.90 Å². The lowest BCUT2D eigenvalue weighted by Gasteiger charge is -2.38. The average Bonchev–Trinajstić information content (AvgIpc) is 2.94. The number of nitrogens with zero attached hydrogens (tertiary/aromatic N) is 3. The summed E-state index contributed by atoms with van der Waals surface area (Å²) in [5.41, 5.74) is 3.27. The van der Waals surface area contributed by atoms with Crippen LogP contribution in [0.3, 0.4) is 0 Å². The Morgan fingerprint density at radius 3 is 2.52 bits per heavy atom. The number of carbonyl (C=O) groups is 1. The first kappa shape index (κ1) is 19.4. The first-order valence-electron chi connectivity index (χ1n) is 9.78. The molecular weight excluding hydrogens is 340 g/mol. The Hall–Kier alpha value is -2.34. The van der Waals surface area contributed by atoms with Crippen molar-refractivity contribution in [1.29, 1.82) is 0 Å². The highest BCUT2D eigenvalue weighted by molar-refractivity contribution is 5.74. The average molecular weight is 370 g/mol. The lowest BCUT2D eigenvalue weighted by atomic mass is 9.84. The molecule has 0 atom stereocenters. The van der Waals surface area contributed by atoms with Crippen molar-refractivity contribution >= 4 is 6.03 Å². The number of aliphatic hydroxyl groups is 1. The Kier molecular flexibility index (Phi) is 5.85. The lowest BCUT2D eigenvalue weighted by molar-refractivity contribution is -0.0168. The van der Waals surface area contributed by atoms with Gasteiger partial charge in [-0.3, -0.25) is 4.68 Å². The van der Waals surface area contributed by atoms with Crippen molar-refractivity contribution in [3.05, 3.63) is 52.8 Å². The smallest absolute Gasteiger partial charge is 0.317 e. The van der Waals surface area contributed by atoms with Gasteiger partial charge in [-0.05, 0) is 38.7 Å². The van der Waals surface area contributed by atoms with Gasteiger partial charge >= 0.3 is 6.03 Å². The fourth-order valence-electron chi connectivity index (χ4n) is 3.81. The Bertz CT molecular complexity index is 777. The monoisotopic (exact) mass is 370 g/mol. The third-order valence-electron chi connectivity index (χ3n) is 5.57. The van der Waals surface area contributed by atoms with Gasteiger partial charge in [0.2, 0.25) is 0 Å². The predicted octanol–water partition coefficient (Wildman–Crippen LogP) is 3.10. The maximum atomic E-state index is 12.6. The van der Waals surface area contributed by atoms with Gasteiger partial charge in [0, 0.05) is 37.4 Å². The van der Waals surface area contributed by atoms with E-state index in [1.165, 1.54) is 0 Å². The van der Waals surface area contributed by atoms with Crippen LogP contribution in [0.15, 0.2) is 30.3 Å². The number of urea groups is 1. The Morgan fingerprint density at radius 2 is 1.89 bits per heavy atom. The fourth-order valence-corrected chi connectivity index (χ4v) is 3.81. The van der Waals surface area contributed by atoms with Crippen LogP contribution in [0.1, 0.15) is 48.7 Å². The molecule has 0 spiro atoms. The number of hydrogen-bond donors (Lipinski definition) is 2. The first-order valence-corrected chi connectivity index (χ1v) is 9.78. The zero-order valence-corrected chi connectivity index (χ0v) is 16.5. The number of aryl methyl sites for hydroxylation is 2. The zero-order valence-electron chi connectivity index (χ0n) is 16.5.